The molecule has 0 amide bonds. The standard InChI is InChI=1S/C29H28O4/c1-3-6-21(19-29(30)31)20-9-13-25(14-10-20)33-28-16-12-24-17-23(11-15-27(24)28)22-7-5-8-26(18-22)32-4-2/h5,7-11,13-15,17-18,21,28H,4,12,16,19H2,1-2H3,(H,30,31)/t21-,28?/m1/s1. The van der Waals surface area contributed by atoms with Gasteiger partial charge in [-0.15, -0.1) is 5.92 Å². The second kappa shape index (κ2) is 10.3. The van der Waals surface area contributed by atoms with E-state index in [-0.39, 0.29) is 18.4 Å². The molecular weight excluding hydrogens is 412 g/mol. The Bertz CT molecular complexity index is 1180. The molecule has 0 spiro atoms. The zero-order valence-corrected chi connectivity index (χ0v) is 19.0. The maximum Gasteiger partial charge on any atom is 0.304 e. The first-order valence-electron chi connectivity index (χ1n) is 11.3. The van der Waals surface area contributed by atoms with E-state index in [0.717, 1.165) is 35.5 Å². The highest BCUT2D eigenvalue weighted by Crippen LogP contribution is 2.38. The summed E-state index contributed by atoms with van der Waals surface area (Å²) in [6.07, 6.45) is 1.92. The maximum atomic E-state index is 11.1. The Morgan fingerprint density at radius 2 is 1.85 bits per heavy atom. The van der Waals surface area contributed by atoms with Gasteiger partial charge in [-0.1, -0.05) is 48.4 Å². The minimum absolute atomic E-state index is 0.00709. The average molecular weight is 441 g/mol. The van der Waals surface area contributed by atoms with Gasteiger partial charge < -0.3 is 14.6 Å². The Labute approximate surface area is 195 Å². The van der Waals surface area contributed by atoms with Crippen molar-refractivity contribution in [3.63, 3.8) is 0 Å². The smallest absolute Gasteiger partial charge is 0.304 e. The Hall–Kier alpha value is -3.71. The molecule has 0 saturated heterocycles. The van der Waals surface area contributed by atoms with Gasteiger partial charge in [0.2, 0.25) is 0 Å². The van der Waals surface area contributed by atoms with Crippen molar-refractivity contribution in [2.24, 2.45) is 0 Å². The van der Waals surface area contributed by atoms with Crippen LogP contribution in [0.4, 0.5) is 0 Å². The topological polar surface area (TPSA) is 55.8 Å². The van der Waals surface area contributed by atoms with Gasteiger partial charge in [-0.3, -0.25) is 4.79 Å². The van der Waals surface area contributed by atoms with E-state index >= 15 is 0 Å². The van der Waals surface area contributed by atoms with Crippen molar-refractivity contribution in [3.05, 3.63) is 83.4 Å². The molecule has 3 aromatic carbocycles. The zero-order chi connectivity index (χ0) is 23.2. The number of carboxylic acid groups (broad SMARTS) is 1. The van der Waals surface area contributed by atoms with E-state index in [2.05, 4.69) is 42.2 Å². The van der Waals surface area contributed by atoms with E-state index in [0.29, 0.717) is 6.61 Å². The molecule has 168 valence electrons. The minimum atomic E-state index is -0.852. The fourth-order valence-electron chi connectivity index (χ4n) is 4.36. The number of fused-ring (bicyclic) bond motifs is 1. The van der Waals surface area contributed by atoms with Gasteiger partial charge in [0, 0.05) is 0 Å². The molecule has 3 aromatic rings. The molecule has 0 heterocycles. The van der Waals surface area contributed by atoms with Crippen LogP contribution in [0.1, 0.15) is 55.4 Å². The molecule has 0 aliphatic heterocycles. The van der Waals surface area contributed by atoms with E-state index in [1.807, 2.05) is 43.3 Å². The number of benzene rings is 3. The van der Waals surface area contributed by atoms with E-state index in [1.165, 1.54) is 16.7 Å². The maximum absolute atomic E-state index is 11.1. The molecule has 1 N–H and O–H groups in total. The van der Waals surface area contributed by atoms with Gasteiger partial charge in [-0.25, -0.2) is 0 Å². The van der Waals surface area contributed by atoms with Crippen LogP contribution >= 0.6 is 0 Å². The third-order valence-corrected chi connectivity index (χ3v) is 5.90. The number of carbonyl (C=O) groups is 1. The number of aryl methyl sites for hydroxylation is 1. The van der Waals surface area contributed by atoms with E-state index in [1.54, 1.807) is 6.92 Å². The molecular formula is C29H28O4. The van der Waals surface area contributed by atoms with Crippen LogP contribution in [0.5, 0.6) is 11.5 Å². The first kappa shape index (κ1) is 22.5. The number of hydrogen-bond acceptors (Lipinski definition) is 3. The van der Waals surface area contributed by atoms with Gasteiger partial charge in [0.15, 0.2) is 0 Å². The largest absolute Gasteiger partial charge is 0.494 e. The lowest BCUT2D eigenvalue weighted by molar-refractivity contribution is -0.137. The second-order valence-electron chi connectivity index (χ2n) is 8.13. The number of hydrogen-bond donors (Lipinski definition) is 1. The number of carboxylic acids is 1. The molecule has 0 bridgehead atoms. The van der Waals surface area contributed by atoms with E-state index < -0.39 is 5.97 Å². The van der Waals surface area contributed by atoms with Crippen molar-refractivity contribution < 1.29 is 19.4 Å². The Morgan fingerprint density at radius 3 is 2.58 bits per heavy atom. The normalized spacial score (nSPS) is 15.2. The van der Waals surface area contributed by atoms with Crippen LogP contribution in [0.15, 0.2) is 66.7 Å². The summed E-state index contributed by atoms with van der Waals surface area (Å²) in [4.78, 5) is 11.1. The third kappa shape index (κ3) is 5.38. The summed E-state index contributed by atoms with van der Waals surface area (Å²) in [5, 5.41) is 9.14. The molecule has 1 aliphatic carbocycles. The molecule has 2 atom stereocenters. The molecule has 33 heavy (non-hydrogen) atoms. The summed E-state index contributed by atoms with van der Waals surface area (Å²) >= 11 is 0. The minimum Gasteiger partial charge on any atom is -0.494 e. The lowest BCUT2D eigenvalue weighted by Gasteiger charge is -2.16. The highest BCUT2D eigenvalue weighted by atomic mass is 16.5. The van der Waals surface area contributed by atoms with Crippen molar-refractivity contribution >= 4 is 5.97 Å². The third-order valence-electron chi connectivity index (χ3n) is 5.90. The van der Waals surface area contributed by atoms with Crippen LogP contribution < -0.4 is 9.47 Å². The number of rotatable bonds is 8. The summed E-state index contributed by atoms with van der Waals surface area (Å²) in [7, 11) is 0. The number of ether oxygens (including phenoxy) is 2. The van der Waals surface area contributed by atoms with Crippen molar-refractivity contribution in [2.45, 2.75) is 45.1 Å². The van der Waals surface area contributed by atoms with Crippen LogP contribution in [0.3, 0.4) is 0 Å². The first-order valence-corrected chi connectivity index (χ1v) is 11.3. The van der Waals surface area contributed by atoms with Gasteiger partial charge in [0.25, 0.3) is 0 Å². The second-order valence-corrected chi connectivity index (χ2v) is 8.13. The summed E-state index contributed by atoms with van der Waals surface area (Å²) < 4.78 is 11.9. The van der Waals surface area contributed by atoms with Gasteiger partial charge >= 0.3 is 5.97 Å². The average Bonchev–Trinajstić information content (AvgIpc) is 3.21. The van der Waals surface area contributed by atoms with Crippen LogP contribution in [0, 0.1) is 11.8 Å². The predicted molar refractivity (Wildman–Crippen MR) is 130 cm³/mol. The summed E-state index contributed by atoms with van der Waals surface area (Å²) in [6, 6.07) is 22.4. The fourth-order valence-corrected chi connectivity index (χ4v) is 4.36. The van der Waals surface area contributed by atoms with Gasteiger partial charge in [0.05, 0.1) is 18.9 Å². The first-order chi connectivity index (χ1) is 16.1. The van der Waals surface area contributed by atoms with Crippen molar-refractivity contribution in [1.82, 2.24) is 0 Å². The van der Waals surface area contributed by atoms with E-state index in [4.69, 9.17) is 14.6 Å². The molecule has 0 aromatic heterocycles. The summed E-state index contributed by atoms with van der Waals surface area (Å²) in [5.74, 6) is 6.32. The fraction of sp³-hybridized carbons (Fsp3) is 0.276. The number of aliphatic carboxylic acids is 1. The lowest BCUT2D eigenvalue weighted by Crippen LogP contribution is -2.06. The van der Waals surface area contributed by atoms with Crippen molar-refractivity contribution in [1.29, 1.82) is 0 Å². The summed E-state index contributed by atoms with van der Waals surface area (Å²) in [6.45, 7) is 4.37. The van der Waals surface area contributed by atoms with Crippen molar-refractivity contribution in [3.8, 4) is 34.5 Å². The SMILES string of the molecule is CC#C[C@H](CC(=O)O)c1ccc(OC2CCc3cc(-c4cccc(OCC)c4)ccc32)cc1. The quantitative estimate of drug-likeness (QED) is 0.412. The van der Waals surface area contributed by atoms with Gasteiger partial charge in [0.1, 0.15) is 17.6 Å². The van der Waals surface area contributed by atoms with Crippen LogP contribution in [0.2, 0.25) is 0 Å². The van der Waals surface area contributed by atoms with Crippen LogP contribution in [-0.2, 0) is 11.2 Å². The highest BCUT2D eigenvalue weighted by Gasteiger charge is 2.24. The molecule has 0 saturated carbocycles. The van der Waals surface area contributed by atoms with E-state index in [9.17, 15) is 4.79 Å². The Morgan fingerprint density at radius 1 is 1.06 bits per heavy atom. The molecule has 4 nitrogen and oxygen atoms in total. The van der Waals surface area contributed by atoms with Crippen LogP contribution in [0.25, 0.3) is 11.1 Å². The Balaban J connectivity index is 1.48. The zero-order valence-electron chi connectivity index (χ0n) is 19.0. The predicted octanol–water partition coefficient (Wildman–Crippen LogP) is 6.40. The highest BCUT2D eigenvalue weighted by molar-refractivity contribution is 5.69. The Kier molecular flexibility index (Phi) is 7.00. The molecule has 4 heteroatoms. The molecule has 0 radical (unpaired) electrons. The lowest BCUT2D eigenvalue weighted by atomic mass is 9.96. The van der Waals surface area contributed by atoms with Gasteiger partial charge in [-0.05, 0) is 78.8 Å². The molecule has 4 rings (SSSR count). The van der Waals surface area contributed by atoms with Crippen LogP contribution in [-0.4, -0.2) is 17.7 Å². The van der Waals surface area contributed by atoms with Crippen molar-refractivity contribution in [2.75, 3.05) is 6.61 Å². The summed E-state index contributed by atoms with van der Waals surface area (Å²) in [5.41, 5.74) is 5.77. The molecule has 1 unspecified atom stereocenters. The molecule has 1 aliphatic rings. The monoisotopic (exact) mass is 440 g/mol. The van der Waals surface area contributed by atoms with Gasteiger partial charge in [-0.2, -0.15) is 0 Å². The molecule has 0 fully saturated rings.